The number of ether oxygens (including phenoxy) is 2. The number of aliphatic imine (C=N–C) groups is 1. The highest BCUT2D eigenvalue weighted by Crippen LogP contribution is 2.49. The first-order valence-corrected chi connectivity index (χ1v) is 25.8. The molecule has 0 radical (unpaired) electrons. The average molecular weight is 1020 g/mol. The Bertz CT molecular complexity index is 3050. The number of amidine groups is 1. The number of piperazine rings is 1. The van der Waals surface area contributed by atoms with Crippen LogP contribution >= 0.6 is 23.2 Å². The number of methoxy groups -OCH3 is 1. The Morgan fingerprint density at radius 2 is 1.62 bits per heavy atom. The molecular weight excluding hydrogens is 958 g/mol. The maximum Gasteiger partial charge on any atom is 0.326 e. The van der Waals surface area contributed by atoms with Crippen molar-refractivity contribution in [1.29, 1.82) is 0 Å². The zero-order valence-corrected chi connectivity index (χ0v) is 42.8. The number of halogens is 2. The van der Waals surface area contributed by atoms with Gasteiger partial charge in [0.1, 0.15) is 29.9 Å². The minimum absolute atomic E-state index is 0.00973. The molecule has 3 amide bonds. The number of nitrogens with zero attached hydrogens (tertiary/aromatic N) is 6. The number of carbonyl (C=O) groups is 2. The number of benzene rings is 5. The summed E-state index contributed by atoms with van der Waals surface area (Å²) in [7, 11) is 1.60. The Morgan fingerprint density at radius 3 is 2.34 bits per heavy atom. The van der Waals surface area contributed by atoms with Crippen LogP contribution in [-0.4, -0.2) is 106 Å². The van der Waals surface area contributed by atoms with Crippen molar-refractivity contribution in [3.8, 4) is 34.5 Å². The maximum atomic E-state index is 15.2. The van der Waals surface area contributed by atoms with Gasteiger partial charge in [-0.15, -0.1) is 0 Å². The molecule has 10 rings (SSSR count). The lowest BCUT2D eigenvalue weighted by molar-refractivity contribution is -0.135. The molecule has 12 nitrogen and oxygen atoms in total. The number of nitrogens with one attached hydrogen (secondary N) is 1. The largest absolute Gasteiger partial charge is 0.497 e. The van der Waals surface area contributed by atoms with Crippen LogP contribution < -0.4 is 14.8 Å². The normalized spacial score (nSPS) is 20.5. The molecule has 4 aliphatic rings. The van der Waals surface area contributed by atoms with Crippen LogP contribution in [0.3, 0.4) is 0 Å². The van der Waals surface area contributed by atoms with Crippen molar-refractivity contribution in [1.82, 2.24) is 24.6 Å². The maximum absolute atomic E-state index is 15.2. The summed E-state index contributed by atoms with van der Waals surface area (Å²) in [4.78, 5) is 46.4. The third-order valence-electron chi connectivity index (χ3n) is 14.3. The van der Waals surface area contributed by atoms with E-state index in [2.05, 4.69) is 69.5 Å². The Morgan fingerprint density at radius 1 is 0.863 bits per heavy atom. The number of fused-ring (bicyclic) bond motifs is 3. The van der Waals surface area contributed by atoms with E-state index in [9.17, 15) is 9.90 Å². The molecule has 0 bridgehead atoms. The molecule has 73 heavy (non-hydrogen) atoms. The molecule has 0 unspecified atom stereocenters. The van der Waals surface area contributed by atoms with Gasteiger partial charge in [0.2, 0.25) is 5.91 Å². The summed E-state index contributed by atoms with van der Waals surface area (Å²) in [6, 6.07) is 38.3. The quantitative estimate of drug-likeness (QED) is 0.0866. The number of pyridine rings is 1. The highest BCUT2D eigenvalue weighted by Gasteiger charge is 2.46. The number of hydrogen-bond acceptors (Lipinski definition) is 9. The van der Waals surface area contributed by atoms with Crippen LogP contribution in [0.2, 0.25) is 10.0 Å². The molecule has 6 aromatic rings. The predicted octanol–water partition coefficient (Wildman–Crippen LogP) is 10.8. The van der Waals surface area contributed by atoms with Crippen LogP contribution in [-0.2, 0) is 11.3 Å². The third kappa shape index (κ3) is 10.8. The summed E-state index contributed by atoms with van der Waals surface area (Å²) >= 11 is 12.8. The van der Waals surface area contributed by atoms with Crippen molar-refractivity contribution in [3.63, 3.8) is 0 Å². The number of hydrogen-bond donors (Lipinski definition) is 2. The predicted molar refractivity (Wildman–Crippen MR) is 287 cm³/mol. The number of unbranched alkanes of at least 4 members (excludes halogenated alkanes) is 1. The summed E-state index contributed by atoms with van der Waals surface area (Å²) in [6.07, 6.45) is 5.83. The minimum atomic E-state index is -0.591. The molecular formula is C59H59Cl2N7O5. The first kappa shape index (κ1) is 49.7. The van der Waals surface area contributed by atoms with E-state index in [0.717, 1.165) is 53.0 Å². The number of aliphatic hydroxyl groups is 1. The van der Waals surface area contributed by atoms with Gasteiger partial charge in [0, 0.05) is 84.3 Å². The lowest BCUT2D eigenvalue weighted by Crippen LogP contribution is -2.56. The van der Waals surface area contributed by atoms with Crippen LogP contribution in [0.1, 0.15) is 84.6 Å². The second-order valence-electron chi connectivity index (χ2n) is 19.4. The number of carbonyl (C=O) groups excluding carboxylic acids is 2. The van der Waals surface area contributed by atoms with Crippen LogP contribution in [0.15, 0.2) is 139 Å². The monoisotopic (exact) mass is 1020 g/mol. The van der Waals surface area contributed by atoms with E-state index in [1.807, 2.05) is 110 Å². The summed E-state index contributed by atoms with van der Waals surface area (Å²) in [6.45, 7) is 6.95. The zero-order valence-electron chi connectivity index (χ0n) is 41.3. The minimum Gasteiger partial charge on any atom is -0.497 e. The van der Waals surface area contributed by atoms with Gasteiger partial charge < -0.3 is 29.7 Å². The average Bonchev–Trinajstić information content (AvgIpc) is 4.01. The lowest BCUT2D eigenvalue weighted by Gasteiger charge is -2.39. The molecule has 0 spiro atoms. The van der Waals surface area contributed by atoms with Gasteiger partial charge in [0.25, 0.3) is 0 Å². The third-order valence-corrected chi connectivity index (χ3v) is 14.8. The fraction of sp³-hybridized carbons (Fsp3) is 0.322. The van der Waals surface area contributed by atoms with Crippen LogP contribution in [0.5, 0.6) is 11.5 Å². The summed E-state index contributed by atoms with van der Waals surface area (Å²) < 4.78 is 11.9. The molecule has 5 aromatic carbocycles. The number of urea groups is 1. The van der Waals surface area contributed by atoms with Crippen molar-refractivity contribution in [2.75, 3.05) is 51.8 Å². The summed E-state index contributed by atoms with van der Waals surface area (Å²) in [5.41, 5.74) is 9.02. The number of anilines is 1. The van der Waals surface area contributed by atoms with E-state index < -0.39 is 12.1 Å². The van der Waals surface area contributed by atoms with E-state index in [-0.39, 0.29) is 43.3 Å². The highest BCUT2D eigenvalue weighted by molar-refractivity contribution is 6.30. The lowest BCUT2D eigenvalue weighted by atomic mass is 9.82. The molecule has 14 heteroatoms. The molecule has 374 valence electrons. The van der Waals surface area contributed by atoms with Gasteiger partial charge in [-0.1, -0.05) is 77.5 Å². The molecule has 0 saturated carbocycles. The SMILES string of the molecule is COc1ccc(C2=N[C@H](c3ccc(Cl)cc3)[C@H](c3ccc(Cl)cc3)N2C(=O)N2CCN(CCCC#Cc3cccc(-c4ccc5c(c4)[C@H]4[C@H](CCN4Cc4ccncc4)[C@@H](CO)N5)c3)C(=O)C2)c(OC(C)C)c1. The molecule has 2 saturated heterocycles. The van der Waals surface area contributed by atoms with Crippen LogP contribution in [0.4, 0.5) is 10.5 Å². The Hall–Kier alpha value is -6.88. The second kappa shape index (κ2) is 22.1. The number of amides is 3. The molecule has 1 aromatic heterocycles. The second-order valence-corrected chi connectivity index (χ2v) is 20.2. The smallest absolute Gasteiger partial charge is 0.326 e. The summed E-state index contributed by atoms with van der Waals surface area (Å²) in [5, 5.41) is 15.2. The van der Waals surface area contributed by atoms with Gasteiger partial charge in [0.05, 0.1) is 37.5 Å². The van der Waals surface area contributed by atoms with Crippen LogP contribution in [0, 0.1) is 17.8 Å². The van der Waals surface area contributed by atoms with Gasteiger partial charge in [-0.2, -0.15) is 0 Å². The zero-order chi connectivity index (χ0) is 50.6. The molecule has 4 aliphatic heterocycles. The Balaban J connectivity index is 0.822. The molecule has 2 fully saturated rings. The van der Waals surface area contributed by atoms with Gasteiger partial charge in [0.15, 0.2) is 0 Å². The van der Waals surface area contributed by atoms with E-state index in [4.69, 9.17) is 37.7 Å². The van der Waals surface area contributed by atoms with Crippen molar-refractivity contribution in [2.24, 2.45) is 10.9 Å². The van der Waals surface area contributed by atoms with Gasteiger partial charge in [-0.05, 0) is 139 Å². The Kier molecular flexibility index (Phi) is 15.0. The van der Waals surface area contributed by atoms with Crippen molar-refractivity contribution >= 4 is 46.7 Å². The number of aliphatic hydroxyl groups excluding tert-OH is 1. The first-order chi connectivity index (χ1) is 35.5. The van der Waals surface area contributed by atoms with Crippen molar-refractivity contribution in [3.05, 3.63) is 177 Å². The van der Waals surface area contributed by atoms with E-state index in [1.54, 1.807) is 16.9 Å². The number of likely N-dealkylation sites (tertiary alicyclic amines) is 1. The number of aromatic nitrogens is 1. The van der Waals surface area contributed by atoms with Crippen molar-refractivity contribution in [2.45, 2.75) is 69.9 Å². The van der Waals surface area contributed by atoms with Gasteiger partial charge >= 0.3 is 6.03 Å². The summed E-state index contributed by atoms with van der Waals surface area (Å²) in [5.74, 6) is 8.46. The molecule has 5 heterocycles. The van der Waals surface area contributed by atoms with E-state index in [1.165, 1.54) is 11.1 Å². The topological polar surface area (TPSA) is 123 Å². The first-order valence-electron chi connectivity index (χ1n) is 25.1. The highest BCUT2D eigenvalue weighted by atomic mass is 35.5. The van der Waals surface area contributed by atoms with E-state index >= 15 is 4.79 Å². The molecule has 0 aliphatic carbocycles. The number of rotatable bonds is 13. The fourth-order valence-electron chi connectivity index (χ4n) is 10.8. The van der Waals surface area contributed by atoms with Crippen LogP contribution in [0.25, 0.3) is 11.1 Å². The fourth-order valence-corrected chi connectivity index (χ4v) is 11.1. The molecule has 2 N–H and O–H groups in total. The van der Waals surface area contributed by atoms with Crippen molar-refractivity contribution < 1.29 is 24.2 Å². The van der Waals surface area contributed by atoms with Gasteiger partial charge in [-0.3, -0.25) is 24.6 Å². The Labute approximate surface area is 437 Å². The standard InChI is InChI=1S/C59H59Cl2N7O5/c1-38(2)73-53-34-47(72-3)20-21-49(53)58-64-55(41-11-16-45(60)17-12-41)56(42-13-18-46(61)19-14-42)68(58)59(71)67-31-30-65(54(70)36-67)28-6-4-5-8-39-9-7-10-43(32-39)44-15-22-51-50(33-44)57-48(52(37-69)63-51)25-29-66(57)35-40-23-26-62-27-24-40/h7,9-24,26-27,32-34,38,48,52,55-57,63,69H,4,6,25,28-31,35-37H2,1-3H3/t48-,52-,55-,56+,57-/m1/s1. The van der Waals surface area contributed by atoms with E-state index in [0.29, 0.717) is 71.3 Å². The molecule has 5 atom stereocenters. The van der Waals surface area contributed by atoms with Gasteiger partial charge in [-0.25, -0.2) is 4.79 Å².